The minimum absolute atomic E-state index is 0.262. The van der Waals surface area contributed by atoms with Crippen LogP contribution in [-0.4, -0.2) is 36.2 Å². The third-order valence-electron chi connectivity index (χ3n) is 4.56. The summed E-state index contributed by atoms with van der Waals surface area (Å²) in [6.45, 7) is 7.88. The molecule has 1 aliphatic rings. The molecule has 126 valence electrons. The van der Waals surface area contributed by atoms with E-state index in [-0.39, 0.29) is 5.82 Å². The standard InChI is InChI=1S/C19H22FN3S/c1-14-5-3-8-18(15(14)2)22-9-11-23(12-10-22)19(24)21-17-7-4-6-16(20)13-17/h3-8,13H,9-12H2,1-2H3,(H,21,24). The van der Waals surface area contributed by atoms with E-state index in [1.807, 2.05) is 6.07 Å². The molecule has 0 bridgehead atoms. The lowest BCUT2D eigenvalue weighted by atomic mass is 10.1. The number of nitrogens with one attached hydrogen (secondary N) is 1. The van der Waals surface area contributed by atoms with Gasteiger partial charge in [-0.05, 0) is 61.5 Å². The van der Waals surface area contributed by atoms with Crippen LogP contribution in [0.2, 0.25) is 0 Å². The zero-order valence-corrected chi connectivity index (χ0v) is 14.9. The molecule has 2 aromatic carbocycles. The van der Waals surface area contributed by atoms with Crippen molar-refractivity contribution in [1.29, 1.82) is 0 Å². The Kier molecular flexibility index (Phi) is 5.00. The number of nitrogens with zero attached hydrogens (tertiary/aromatic N) is 2. The summed E-state index contributed by atoms with van der Waals surface area (Å²) in [5.41, 5.74) is 4.65. The van der Waals surface area contributed by atoms with Crippen LogP contribution < -0.4 is 10.2 Å². The third-order valence-corrected chi connectivity index (χ3v) is 4.92. The first-order valence-corrected chi connectivity index (χ1v) is 8.58. The molecule has 0 aliphatic carbocycles. The van der Waals surface area contributed by atoms with Crippen molar-refractivity contribution in [3.05, 3.63) is 59.4 Å². The SMILES string of the molecule is Cc1cccc(N2CCN(C(=S)Nc3cccc(F)c3)CC2)c1C. The van der Waals surface area contributed by atoms with Crippen molar-refractivity contribution >= 4 is 28.7 Å². The molecular weight excluding hydrogens is 321 g/mol. The fraction of sp³-hybridized carbons (Fsp3) is 0.316. The molecule has 1 aliphatic heterocycles. The fourth-order valence-electron chi connectivity index (χ4n) is 3.00. The minimum Gasteiger partial charge on any atom is -0.368 e. The van der Waals surface area contributed by atoms with Gasteiger partial charge in [0, 0.05) is 37.6 Å². The van der Waals surface area contributed by atoms with E-state index in [9.17, 15) is 4.39 Å². The largest absolute Gasteiger partial charge is 0.368 e. The highest BCUT2D eigenvalue weighted by Gasteiger charge is 2.20. The second-order valence-electron chi connectivity index (χ2n) is 6.13. The Morgan fingerprint density at radius 1 is 1.04 bits per heavy atom. The molecule has 0 radical (unpaired) electrons. The van der Waals surface area contributed by atoms with Gasteiger partial charge < -0.3 is 15.1 Å². The molecule has 1 saturated heterocycles. The first-order valence-electron chi connectivity index (χ1n) is 8.17. The average Bonchev–Trinajstić information content (AvgIpc) is 2.57. The molecule has 0 unspecified atom stereocenters. The summed E-state index contributed by atoms with van der Waals surface area (Å²) in [6.07, 6.45) is 0. The molecule has 1 heterocycles. The molecule has 1 N–H and O–H groups in total. The Balaban J connectivity index is 1.60. The number of piperazine rings is 1. The van der Waals surface area contributed by atoms with Gasteiger partial charge in [-0.15, -0.1) is 0 Å². The quantitative estimate of drug-likeness (QED) is 0.832. The normalized spacial score (nSPS) is 14.6. The van der Waals surface area contributed by atoms with E-state index >= 15 is 0 Å². The molecule has 1 fully saturated rings. The van der Waals surface area contributed by atoms with Gasteiger partial charge in [0.2, 0.25) is 0 Å². The Morgan fingerprint density at radius 2 is 1.75 bits per heavy atom. The van der Waals surface area contributed by atoms with Crippen molar-refractivity contribution in [3.8, 4) is 0 Å². The van der Waals surface area contributed by atoms with E-state index in [0.29, 0.717) is 10.8 Å². The van der Waals surface area contributed by atoms with E-state index in [1.165, 1.54) is 28.9 Å². The smallest absolute Gasteiger partial charge is 0.173 e. The molecule has 0 amide bonds. The molecule has 24 heavy (non-hydrogen) atoms. The summed E-state index contributed by atoms with van der Waals surface area (Å²) < 4.78 is 13.3. The van der Waals surface area contributed by atoms with Crippen LogP contribution in [0, 0.1) is 19.7 Å². The Morgan fingerprint density at radius 3 is 2.46 bits per heavy atom. The Hall–Kier alpha value is -2.14. The summed E-state index contributed by atoms with van der Waals surface area (Å²) in [5.74, 6) is -0.262. The van der Waals surface area contributed by atoms with Crippen molar-refractivity contribution in [1.82, 2.24) is 4.90 Å². The van der Waals surface area contributed by atoms with Crippen molar-refractivity contribution in [3.63, 3.8) is 0 Å². The van der Waals surface area contributed by atoms with Crippen LogP contribution in [0.5, 0.6) is 0 Å². The van der Waals surface area contributed by atoms with Crippen LogP contribution in [-0.2, 0) is 0 Å². The molecule has 0 atom stereocenters. The van der Waals surface area contributed by atoms with E-state index < -0.39 is 0 Å². The van der Waals surface area contributed by atoms with Gasteiger partial charge in [0.1, 0.15) is 5.82 Å². The maximum atomic E-state index is 13.3. The highest BCUT2D eigenvalue weighted by atomic mass is 32.1. The zero-order chi connectivity index (χ0) is 17.1. The van der Waals surface area contributed by atoms with Gasteiger partial charge >= 0.3 is 0 Å². The van der Waals surface area contributed by atoms with Gasteiger partial charge in [0.05, 0.1) is 0 Å². The lowest BCUT2D eigenvalue weighted by molar-refractivity contribution is 0.390. The molecule has 0 spiro atoms. The number of rotatable bonds is 2. The van der Waals surface area contributed by atoms with Crippen LogP contribution >= 0.6 is 12.2 Å². The average molecular weight is 343 g/mol. The van der Waals surface area contributed by atoms with Gasteiger partial charge in [0.15, 0.2) is 5.11 Å². The maximum Gasteiger partial charge on any atom is 0.173 e. The van der Waals surface area contributed by atoms with E-state index in [0.717, 1.165) is 26.2 Å². The second kappa shape index (κ2) is 7.18. The van der Waals surface area contributed by atoms with Crippen LogP contribution in [0.4, 0.5) is 15.8 Å². The molecule has 3 rings (SSSR count). The summed E-state index contributed by atoms with van der Waals surface area (Å²) in [5, 5.41) is 3.78. The summed E-state index contributed by atoms with van der Waals surface area (Å²) in [4.78, 5) is 4.55. The molecular formula is C19H22FN3S. The lowest BCUT2D eigenvalue weighted by Crippen LogP contribution is -2.50. The summed E-state index contributed by atoms with van der Waals surface area (Å²) in [6, 6.07) is 12.8. The van der Waals surface area contributed by atoms with Gasteiger partial charge in [-0.25, -0.2) is 4.39 Å². The molecule has 0 saturated carbocycles. The van der Waals surface area contributed by atoms with E-state index in [1.54, 1.807) is 6.07 Å². The van der Waals surface area contributed by atoms with Crippen molar-refractivity contribution in [2.24, 2.45) is 0 Å². The number of thiocarbonyl (C=S) groups is 1. The molecule has 5 heteroatoms. The third kappa shape index (κ3) is 3.67. The lowest BCUT2D eigenvalue weighted by Gasteiger charge is -2.38. The highest BCUT2D eigenvalue weighted by molar-refractivity contribution is 7.80. The number of hydrogen-bond acceptors (Lipinski definition) is 2. The van der Waals surface area contributed by atoms with Crippen molar-refractivity contribution < 1.29 is 4.39 Å². The number of hydrogen-bond donors (Lipinski definition) is 1. The van der Waals surface area contributed by atoms with E-state index in [2.05, 4.69) is 47.2 Å². The van der Waals surface area contributed by atoms with Gasteiger partial charge in [-0.2, -0.15) is 0 Å². The summed E-state index contributed by atoms with van der Waals surface area (Å²) >= 11 is 5.47. The predicted molar refractivity (Wildman–Crippen MR) is 102 cm³/mol. The van der Waals surface area contributed by atoms with Crippen LogP contribution in [0.25, 0.3) is 0 Å². The number of aryl methyl sites for hydroxylation is 1. The number of halogens is 1. The number of anilines is 2. The zero-order valence-electron chi connectivity index (χ0n) is 14.1. The van der Waals surface area contributed by atoms with Gasteiger partial charge in [-0.3, -0.25) is 0 Å². The number of benzene rings is 2. The first kappa shape index (κ1) is 16.7. The highest BCUT2D eigenvalue weighted by Crippen LogP contribution is 2.24. The molecule has 0 aromatic heterocycles. The second-order valence-corrected chi connectivity index (χ2v) is 6.52. The topological polar surface area (TPSA) is 18.5 Å². The maximum absolute atomic E-state index is 13.3. The van der Waals surface area contributed by atoms with Crippen LogP contribution in [0.15, 0.2) is 42.5 Å². The fourth-order valence-corrected chi connectivity index (χ4v) is 3.30. The Bertz CT molecular complexity index is 739. The van der Waals surface area contributed by atoms with Gasteiger partial charge in [0.25, 0.3) is 0 Å². The first-order chi connectivity index (χ1) is 11.5. The van der Waals surface area contributed by atoms with Crippen molar-refractivity contribution in [2.75, 3.05) is 36.4 Å². The van der Waals surface area contributed by atoms with Crippen molar-refractivity contribution in [2.45, 2.75) is 13.8 Å². The predicted octanol–water partition coefficient (Wildman–Crippen LogP) is 3.96. The van der Waals surface area contributed by atoms with E-state index in [4.69, 9.17) is 12.2 Å². The van der Waals surface area contributed by atoms with Gasteiger partial charge in [-0.1, -0.05) is 18.2 Å². The monoisotopic (exact) mass is 343 g/mol. The summed E-state index contributed by atoms with van der Waals surface area (Å²) in [7, 11) is 0. The molecule has 2 aromatic rings. The van der Waals surface area contributed by atoms with Crippen LogP contribution in [0.1, 0.15) is 11.1 Å². The molecule has 3 nitrogen and oxygen atoms in total. The Labute approximate surface area is 148 Å². The van der Waals surface area contributed by atoms with Crippen LogP contribution in [0.3, 0.4) is 0 Å². The minimum atomic E-state index is -0.262.